The number of benzene rings is 2. The van der Waals surface area contributed by atoms with Crippen molar-refractivity contribution < 1.29 is 4.74 Å². The zero-order chi connectivity index (χ0) is 22.2. The Hall–Kier alpha value is -3.32. The maximum atomic E-state index is 5.33. The number of aliphatic imine (C=N–C) groups is 1. The number of hydrogen-bond acceptors (Lipinski definition) is 4. The Morgan fingerprint density at radius 3 is 2.47 bits per heavy atom. The molecule has 1 aliphatic rings. The summed E-state index contributed by atoms with van der Waals surface area (Å²) < 4.78 is 7.22. The maximum Gasteiger partial charge on any atom is 0.191 e. The molecule has 7 nitrogen and oxygen atoms in total. The van der Waals surface area contributed by atoms with Crippen LogP contribution in [-0.2, 0) is 6.54 Å². The molecule has 1 fully saturated rings. The number of para-hydroxylation sites is 1. The summed E-state index contributed by atoms with van der Waals surface area (Å²) in [5, 5.41) is 11.6. The molecule has 0 saturated carbocycles. The van der Waals surface area contributed by atoms with Crippen molar-refractivity contribution in [2.75, 3.05) is 33.8 Å². The van der Waals surface area contributed by atoms with Gasteiger partial charge < -0.3 is 15.4 Å². The van der Waals surface area contributed by atoms with Crippen LogP contribution in [0.5, 0.6) is 5.75 Å². The average molecular weight is 433 g/mol. The minimum atomic E-state index is 0.291. The van der Waals surface area contributed by atoms with Crippen LogP contribution in [0.4, 0.5) is 0 Å². The number of rotatable bonds is 8. The maximum absolute atomic E-state index is 5.33. The fourth-order valence-electron chi connectivity index (χ4n) is 4.11. The Bertz CT molecular complexity index is 993. The van der Waals surface area contributed by atoms with Crippen molar-refractivity contribution in [1.82, 2.24) is 25.3 Å². The Morgan fingerprint density at radius 2 is 1.78 bits per heavy atom. The van der Waals surface area contributed by atoms with Crippen molar-refractivity contribution in [1.29, 1.82) is 0 Å². The first-order chi connectivity index (χ1) is 15.8. The van der Waals surface area contributed by atoms with Crippen molar-refractivity contribution in [3.63, 3.8) is 0 Å². The predicted octanol–water partition coefficient (Wildman–Crippen LogP) is 3.38. The van der Waals surface area contributed by atoms with Crippen LogP contribution in [0.2, 0.25) is 0 Å². The fourth-order valence-corrected chi connectivity index (χ4v) is 4.11. The first-order valence-electron chi connectivity index (χ1n) is 11.2. The van der Waals surface area contributed by atoms with E-state index in [9.17, 15) is 0 Å². The van der Waals surface area contributed by atoms with Gasteiger partial charge in [-0.2, -0.15) is 5.10 Å². The van der Waals surface area contributed by atoms with E-state index in [2.05, 4.69) is 37.8 Å². The van der Waals surface area contributed by atoms with Gasteiger partial charge in [0.2, 0.25) is 0 Å². The molecule has 0 bridgehead atoms. The second-order valence-electron chi connectivity index (χ2n) is 7.93. The van der Waals surface area contributed by atoms with Gasteiger partial charge in [-0.05, 0) is 61.8 Å². The number of nitrogens with zero attached hydrogens (tertiary/aromatic N) is 4. The summed E-state index contributed by atoms with van der Waals surface area (Å²) in [6, 6.07) is 20.8. The van der Waals surface area contributed by atoms with Gasteiger partial charge in [-0.3, -0.25) is 9.89 Å². The highest BCUT2D eigenvalue weighted by atomic mass is 16.5. The van der Waals surface area contributed by atoms with Gasteiger partial charge in [0.25, 0.3) is 0 Å². The lowest BCUT2D eigenvalue weighted by molar-refractivity contribution is 0.245. The SMILES string of the molecule is CN=C(NCc1ccn(-c2ccccc2)n1)NCC(c1ccc(OC)cc1)N1CCCC1. The van der Waals surface area contributed by atoms with Gasteiger partial charge in [-0.25, -0.2) is 4.68 Å². The summed E-state index contributed by atoms with van der Waals surface area (Å²) in [4.78, 5) is 6.95. The van der Waals surface area contributed by atoms with Crippen molar-refractivity contribution in [3.05, 3.63) is 78.1 Å². The van der Waals surface area contributed by atoms with Gasteiger partial charge in [0.1, 0.15) is 5.75 Å². The largest absolute Gasteiger partial charge is 0.497 e. The molecule has 1 unspecified atom stereocenters. The molecule has 1 saturated heterocycles. The summed E-state index contributed by atoms with van der Waals surface area (Å²) in [6.45, 7) is 3.64. The molecule has 1 aromatic heterocycles. The molecule has 0 radical (unpaired) electrons. The summed E-state index contributed by atoms with van der Waals surface area (Å²) in [5.74, 6) is 1.66. The molecule has 2 aromatic carbocycles. The summed E-state index contributed by atoms with van der Waals surface area (Å²) in [7, 11) is 3.50. The van der Waals surface area contributed by atoms with Gasteiger partial charge in [-0.1, -0.05) is 30.3 Å². The third-order valence-corrected chi connectivity index (χ3v) is 5.87. The van der Waals surface area contributed by atoms with Crippen molar-refractivity contribution in [2.45, 2.75) is 25.4 Å². The molecule has 0 amide bonds. The Kier molecular flexibility index (Phi) is 7.40. The molecule has 168 valence electrons. The zero-order valence-corrected chi connectivity index (χ0v) is 18.9. The van der Waals surface area contributed by atoms with E-state index >= 15 is 0 Å². The molecule has 0 spiro atoms. The van der Waals surface area contributed by atoms with Crippen LogP contribution in [0, 0.1) is 0 Å². The highest BCUT2D eigenvalue weighted by Crippen LogP contribution is 2.26. The van der Waals surface area contributed by atoms with Gasteiger partial charge >= 0.3 is 0 Å². The highest BCUT2D eigenvalue weighted by molar-refractivity contribution is 5.79. The second-order valence-corrected chi connectivity index (χ2v) is 7.93. The van der Waals surface area contributed by atoms with Crippen LogP contribution in [-0.4, -0.2) is 54.4 Å². The van der Waals surface area contributed by atoms with E-state index in [1.807, 2.05) is 59.4 Å². The number of likely N-dealkylation sites (tertiary alicyclic amines) is 1. The van der Waals surface area contributed by atoms with Gasteiger partial charge in [-0.15, -0.1) is 0 Å². The number of hydrogen-bond donors (Lipinski definition) is 2. The molecular weight excluding hydrogens is 400 g/mol. The van der Waals surface area contributed by atoms with E-state index in [1.54, 1.807) is 14.2 Å². The summed E-state index contributed by atoms with van der Waals surface area (Å²) in [6.07, 6.45) is 4.49. The molecular formula is C25H32N6O. The number of ether oxygens (including phenoxy) is 1. The molecule has 3 aromatic rings. The third kappa shape index (κ3) is 5.48. The number of aromatic nitrogens is 2. The van der Waals surface area contributed by atoms with E-state index in [1.165, 1.54) is 18.4 Å². The lowest BCUT2D eigenvalue weighted by Gasteiger charge is -2.29. The normalized spacial score (nSPS) is 15.5. The molecule has 7 heteroatoms. The fraction of sp³-hybridized carbons (Fsp3) is 0.360. The Morgan fingerprint density at radius 1 is 1.03 bits per heavy atom. The molecule has 1 atom stereocenters. The number of guanidine groups is 1. The van der Waals surface area contributed by atoms with E-state index in [0.29, 0.717) is 12.6 Å². The second kappa shape index (κ2) is 10.8. The zero-order valence-electron chi connectivity index (χ0n) is 18.9. The summed E-state index contributed by atoms with van der Waals surface area (Å²) in [5.41, 5.74) is 3.30. The van der Waals surface area contributed by atoms with Crippen LogP contribution >= 0.6 is 0 Å². The van der Waals surface area contributed by atoms with E-state index in [-0.39, 0.29) is 0 Å². The summed E-state index contributed by atoms with van der Waals surface area (Å²) >= 11 is 0. The van der Waals surface area contributed by atoms with Crippen molar-refractivity contribution in [2.24, 2.45) is 4.99 Å². The first kappa shape index (κ1) is 21.9. The van der Waals surface area contributed by atoms with Gasteiger partial charge in [0.05, 0.1) is 31.1 Å². The van der Waals surface area contributed by atoms with E-state index in [4.69, 9.17) is 4.74 Å². The van der Waals surface area contributed by atoms with E-state index < -0.39 is 0 Å². The standard InChI is InChI=1S/C25H32N6O/c1-26-25(27-18-21-14-17-31(29-21)22-8-4-3-5-9-22)28-19-24(30-15-6-7-16-30)20-10-12-23(32-2)13-11-20/h3-5,8-14,17,24H,6-7,15-16,18-19H2,1-2H3,(H2,26,27,28). The monoisotopic (exact) mass is 432 g/mol. The quantitative estimate of drug-likeness (QED) is 0.422. The van der Waals surface area contributed by atoms with E-state index in [0.717, 1.165) is 42.7 Å². The van der Waals surface area contributed by atoms with Crippen molar-refractivity contribution in [3.8, 4) is 11.4 Å². The van der Waals surface area contributed by atoms with Crippen LogP contribution in [0.25, 0.3) is 5.69 Å². The minimum absolute atomic E-state index is 0.291. The average Bonchev–Trinajstić information content (AvgIpc) is 3.55. The molecule has 2 heterocycles. The topological polar surface area (TPSA) is 66.7 Å². The smallest absolute Gasteiger partial charge is 0.191 e. The predicted molar refractivity (Wildman–Crippen MR) is 128 cm³/mol. The van der Waals surface area contributed by atoms with Crippen LogP contribution in [0.15, 0.2) is 71.9 Å². The number of methoxy groups -OCH3 is 1. The first-order valence-corrected chi connectivity index (χ1v) is 11.2. The molecule has 2 N–H and O–H groups in total. The van der Waals surface area contributed by atoms with Crippen molar-refractivity contribution >= 4 is 5.96 Å². The lowest BCUT2D eigenvalue weighted by atomic mass is 10.1. The number of nitrogens with one attached hydrogen (secondary N) is 2. The Labute approximate surface area is 190 Å². The van der Waals surface area contributed by atoms with Crippen LogP contribution < -0.4 is 15.4 Å². The lowest BCUT2D eigenvalue weighted by Crippen LogP contribution is -2.42. The Balaban J connectivity index is 1.36. The molecule has 1 aliphatic heterocycles. The minimum Gasteiger partial charge on any atom is -0.497 e. The molecule has 4 rings (SSSR count). The van der Waals surface area contributed by atoms with Gasteiger partial charge in [0.15, 0.2) is 5.96 Å². The third-order valence-electron chi connectivity index (χ3n) is 5.87. The highest BCUT2D eigenvalue weighted by Gasteiger charge is 2.23. The van der Waals surface area contributed by atoms with Crippen LogP contribution in [0.3, 0.4) is 0 Å². The molecule has 32 heavy (non-hydrogen) atoms. The van der Waals surface area contributed by atoms with Gasteiger partial charge in [0, 0.05) is 19.8 Å². The van der Waals surface area contributed by atoms with Crippen LogP contribution in [0.1, 0.15) is 30.1 Å². The molecule has 0 aliphatic carbocycles.